The summed E-state index contributed by atoms with van der Waals surface area (Å²) in [4.78, 5) is 27.5. The molecule has 0 unspecified atom stereocenters. The predicted molar refractivity (Wildman–Crippen MR) is 80.9 cm³/mol. The van der Waals surface area contributed by atoms with Crippen molar-refractivity contribution in [1.82, 2.24) is 20.0 Å². The average Bonchev–Trinajstić information content (AvgIpc) is 3.08. The number of nitrogens with one attached hydrogen (secondary N) is 1. The zero-order valence-electron chi connectivity index (χ0n) is 12.2. The molecule has 2 aliphatic rings. The van der Waals surface area contributed by atoms with Crippen LogP contribution in [0.15, 0.2) is 6.07 Å². The minimum Gasteiger partial charge on any atom is -0.340 e. The second-order valence-electron chi connectivity index (χ2n) is 5.72. The van der Waals surface area contributed by atoms with Gasteiger partial charge < -0.3 is 9.80 Å². The van der Waals surface area contributed by atoms with E-state index in [0.29, 0.717) is 24.1 Å². The van der Waals surface area contributed by atoms with Gasteiger partial charge in [-0.15, -0.1) is 11.8 Å². The number of rotatable bonds is 3. The fourth-order valence-electron chi connectivity index (χ4n) is 2.90. The van der Waals surface area contributed by atoms with E-state index in [-0.39, 0.29) is 18.4 Å². The molecule has 3 rings (SSSR count). The fraction of sp³-hybridized carbons (Fsp3) is 0.643. The molecule has 0 spiro atoms. The molecule has 7 heteroatoms. The van der Waals surface area contributed by atoms with Gasteiger partial charge in [0, 0.05) is 24.7 Å². The molecular weight excluding hydrogens is 288 g/mol. The van der Waals surface area contributed by atoms with Crippen LogP contribution in [-0.2, 0) is 9.59 Å². The number of H-pyrrole nitrogens is 1. The van der Waals surface area contributed by atoms with Crippen LogP contribution < -0.4 is 0 Å². The molecule has 1 N–H and O–H groups in total. The summed E-state index contributed by atoms with van der Waals surface area (Å²) >= 11 is 1.57. The quantitative estimate of drug-likeness (QED) is 0.903. The van der Waals surface area contributed by atoms with E-state index in [9.17, 15) is 9.59 Å². The summed E-state index contributed by atoms with van der Waals surface area (Å²) in [7, 11) is 0. The molecule has 2 aliphatic heterocycles. The van der Waals surface area contributed by atoms with Crippen molar-refractivity contribution in [3.05, 3.63) is 17.5 Å². The molecule has 1 aromatic rings. The molecule has 0 saturated carbocycles. The lowest BCUT2D eigenvalue weighted by molar-refractivity contribution is -0.138. The molecule has 114 valence electrons. The number of hydrogen-bond acceptors (Lipinski definition) is 4. The zero-order chi connectivity index (χ0) is 14.8. The number of likely N-dealkylation sites (tertiary alicyclic amines) is 1. The van der Waals surface area contributed by atoms with E-state index in [4.69, 9.17) is 0 Å². The number of carbonyl (C=O) groups excluding carboxylic acids is 2. The summed E-state index contributed by atoms with van der Waals surface area (Å²) in [5.74, 6) is 1.58. The number of amides is 2. The largest absolute Gasteiger partial charge is 0.340 e. The number of aryl methyl sites for hydroxylation is 1. The van der Waals surface area contributed by atoms with Gasteiger partial charge in [-0.1, -0.05) is 0 Å². The number of carbonyl (C=O) groups is 2. The van der Waals surface area contributed by atoms with E-state index in [1.807, 2.05) is 11.8 Å². The van der Waals surface area contributed by atoms with Crippen LogP contribution in [0.1, 0.15) is 30.1 Å². The molecule has 1 atom stereocenters. The van der Waals surface area contributed by atoms with Gasteiger partial charge >= 0.3 is 0 Å². The van der Waals surface area contributed by atoms with Crippen molar-refractivity contribution < 1.29 is 9.59 Å². The van der Waals surface area contributed by atoms with Gasteiger partial charge in [-0.2, -0.15) is 5.10 Å². The molecule has 6 nitrogen and oxygen atoms in total. The van der Waals surface area contributed by atoms with Crippen molar-refractivity contribution in [2.24, 2.45) is 0 Å². The van der Waals surface area contributed by atoms with Gasteiger partial charge in [-0.3, -0.25) is 14.7 Å². The Morgan fingerprint density at radius 2 is 2.43 bits per heavy atom. The van der Waals surface area contributed by atoms with Gasteiger partial charge in [0.25, 0.3) is 0 Å². The van der Waals surface area contributed by atoms with Crippen molar-refractivity contribution in [2.75, 3.05) is 31.3 Å². The van der Waals surface area contributed by atoms with Gasteiger partial charge in [0.15, 0.2) is 0 Å². The lowest BCUT2D eigenvalue weighted by Gasteiger charge is -2.33. The van der Waals surface area contributed by atoms with Gasteiger partial charge in [0.2, 0.25) is 11.8 Å². The molecular formula is C14H20N4O2S. The van der Waals surface area contributed by atoms with Crippen LogP contribution >= 0.6 is 11.8 Å². The molecule has 1 aromatic heterocycles. The van der Waals surface area contributed by atoms with E-state index in [1.165, 1.54) is 0 Å². The van der Waals surface area contributed by atoms with Crippen molar-refractivity contribution in [3.8, 4) is 0 Å². The lowest BCUT2D eigenvalue weighted by atomic mass is 9.94. The lowest BCUT2D eigenvalue weighted by Crippen LogP contribution is -2.45. The third-order valence-electron chi connectivity index (χ3n) is 4.07. The number of piperidine rings is 1. The first-order valence-corrected chi connectivity index (χ1v) is 8.44. The Morgan fingerprint density at radius 1 is 1.57 bits per heavy atom. The van der Waals surface area contributed by atoms with Crippen molar-refractivity contribution in [3.63, 3.8) is 0 Å². The second-order valence-corrected chi connectivity index (χ2v) is 6.68. The maximum atomic E-state index is 12.4. The first-order chi connectivity index (χ1) is 10.1. The smallest absolute Gasteiger partial charge is 0.242 e. The Morgan fingerprint density at radius 3 is 3.10 bits per heavy atom. The number of nitrogens with zero attached hydrogens (tertiary/aromatic N) is 3. The Bertz CT molecular complexity index is 545. The van der Waals surface area contributed by atoms with Crippen molar-refractivity contribution >= 4 is 23.6 Å². The Labute approximate surface area is 128 Å². The van der Waals surface area contributed by atoms with Crippen molar-refractivity contribution in [1.29, 1.82) is 0 Å². The number of thioether (sulfide) groups is 1. The maximum absolute atomic E-state index is 12.4. The van der Waals surface area contributed by atoms with Crippen molar-refractivity contribution in [2.45, 2.75) is 25.7 Å². The normalized spacial score (nSPS) is 22.9. The summed E-state index contributed by atoms with van der Waals surface area (Å²) in [5, 5.41) is 7.28. The molecule has 2 amide bonds. The Kier molecular flexibility index (Phi) is 4.19. The summed E-state index contributed by atoms with van der Waals surface area (Å²) < 4.78 is 0. The average molecular weight is 308 g/mol. The van der Waals surface area contributed by atoms with Crippen LogP contribution in [-0.4, -0.2) is 63.1 Å². The zero-order valence-corrected chi connectivity index (χ0v) is 13.0. The van der Waals surface area contributed by atoms with Gasteiger partial charge in [-0.25, -0.2) is 0 Å². The summed E-state index contributed by atoms with van der Waals surface area (Å²) in [6.45, 7) is 3.70. The molecule has 2 saturated heterocycles. The van der Waals surface area contributed by atoms with Crippen LogP contribution in [0.5, 0.6) is 0 Å². The van der Waals surface area contributed by atoms with E-state index < -0.39 is 0 Å². The van der Waals surface area contributed by atoms with Crippen LogP contribution in [0.3, 0.4) is 0 Å². The van der Waals surface area contributed by atoms with Crippen LogP contribution in [0, 0.1) is 6.92 Å². The molecule has 0 aromatic carbocycles. The minimum atomic E-state index is 0.0582. The molecule has 0 aliphatic carbocycles. The minimum absolute atomic E-state index is 0.0582. The first kappa shape index (κ1) is 14.4. The third-order valence-corrected chi connectivity index (χ3v) is 5.01. The van der Waals surface area contributed by atoms with Gasteiger partial charge in [0.1, 0.15) is 6.54 Å². The molecule has 2 fully saturated rings. The van der Waals surface area contributed by atoms with E-state index in [2.05, 4.69) is 16.3 Å². The number of aromatic nitrogens is 2. The summed E-state index contributed by atoms with van der Waals surface area (Å²) in [6.07, 6.45) is 2.05. The Balaban J connectivity index is 1.60. The topological polar surface area (TPSA) is 69.3 Å². The highest BCUT2D eigenvalue weighted by Crippen LogP contribution is 2.26. The van der Waals surface area contributed by atoms with Gasteiger partial charge in [0.05, 0.1) is 17.3 Å². The number of aromatic amines is 1. The predicted octanol–water partition coefficient (Wildman–Crippen LogP) is 0.957. The maximum Gasteiger partial charge on any atom is 0.242 e. The summed E-state index contributed by atoms with van der Waals surface area (Å²) in [6, 6.07) is 2.05. The highest BCUT2D eigenvalue weighted by Gasteiger charge is 2.29. The first-order valence-electron chi connectivity index (χ1n) is 7.28. The molecule has 0 bridgehead atoms. The Hall–Kier alpha value is -1.50. The van der Waals surface area contributed by atoms with E-state index in [1.54, 1.807) is 16.7 Å². The SMILES string of the molecule is Cc1cc([C@@H]2CCCN(C(=O)CN3CSCC3=O)C2)n[nH]1. The fourth-order valence-corrected chi connectivity index (χ4v) is 3.80. The van der Waals surface area contributed by atoms with Crippen LogP contribution in [0.4, 0.5) is 0 Å². The highest BCUT2D eigenvalue weighted by molar-refractivity contribution is 8.00. The standard InChI is InChI=1S/C14H20N4O2S/c1-10-5-12(16-15-10)11-3-2-4-17(6-11)13(19)7-18-9-21-8-14(18)20/h5,11H,2-4,6-9H2,1H3,(H,15,16)/t11-/m1/s1. The monoisotopic (exact) mass is 308 g/mol. The van der Waals surface area contributed by atoms with Crippen LogP contribution in [0.2, 0.25) is 0 Å². The molecule has 21 heavy (non-hydrogen) atoms. The van der Waals surface area contributed by atoms with Gasteiger partial charge in [-0.05, 0) is 25.8 Å². The summed E-state index contributed by atoms with van der Waals surface area (Å²) in [5.41, 5.74) is 2.09. The number of hydrogen-bond donors (Lipinski definition) is 1. The van der Waals surface area contributed by atoms with E-state index >= 15 is 0 Å². The second kappa shape index (κ2) is 6.09. The van der Waals surface area contributed by atoms with Crippen LogP contribution in [0.25, 0.3) is 0 Å². The highest BCUT2D eigenvalue weighted by atomic mass is 32.2. The van der Waals surface area contributed by atoms with E-state index in [0.717, 1.165) is 30.8 Å². The molecule has 3 heterocycles. The third kappa shape index (κ3) is 3.23. The molecule has 0 radical (unpaired) electrons.